The standard InChI is InChI=1S/C25H31FN2O4/c1-16(2)25(30)28-13-11-18-7-10-21(32-17(3)24(29)27-12-14-31-4)15-22(18)23(28)19-5-8-20(26)9-6-19/h5-10,15-17,23H,11-14H2,1-4H3,(H,27,29). The molecule has 1 heterocycles. The summed E-state index contributed by atoms with van der Waals surface area (Å²) in [5.41, 5.74) is 2.88. The summed E-state index contributed by atoms with van der Waals surface area (Å²) >= 11 is 0. The van der Waals surface area contributed by atoms with Gasteiger partial charge >= 0.3 is 0 Å². The van der Waals surface area contributed by atoms with E-state index < -0.39 is 6.10 Å². The van der Waals surface area contributed by atoms with E-state index in [9.17, 15) is 14.0 Å². The van der Waals surface area contributed by atoms with Crippen LogP contribution in [0, 0.1) is 11.7 Å². The van der Waals surface area contributed by atoms with Crippen LogP contribution in [0.25, 0.3) is 0 Å². The van der Waals surface area contributed by atoms with Gasteiger partial charge in [-0.25, -0.2) is 4.39 Å². The molecular weight excluding hydrogens is 411 g/mol. The maximum absolute atomic E-state index is 13.6. The summed E-state index contributed by atoms with van der Waals surface area (Å²) in [6.45, 7) is 6.87. The summed E-state index contributed by atoms with van der Waals surface area (Å²) in [7, 11) is 1.57. The van der Waals surface area contributed by atoms with Crippen LogP contribution in [0.2, 0.25) is 0 Å². The molecule has 2 atom stereocenters. The molecule has 0 fully saturated rings. The molecule has 2 amide bonds. The molecule has 2 aromatic rings. The highest BCUT2D eigenvalue weighted by molar-refractivity contribution is 5.81. The molecule has 2 aromatic carbocycles. The maximum Gasteiger partial charge on any atom is 0.260 e. The fraction of sp³-hybridized carbons (Fsp3) is 0.440. The second-order valence-electron chi connectivity index (χ2n) is 8.29. The number of carbonyl (C=O) groups excluding carboxylic acids is 2. The van der Waals surface area contributed by atoms with Crippen molar-refractivity contribution in [1.82, 2.24) is 10.2 Å². The largest absolute Gasteiger partial charge is 0.481 e. The van der Waals surface area contributed by atoms with Crippen LogP contribution in [-0.4, -0.2) is 49.6 Å². The molecule has 0 radical (unpaired) electrons. The van der Waals surface area contributed by atoms with Crippen molar-refractivity contribution in [2.24, 2.45) is 5.92 Å². The van der Waals surface area contributed by atoms with Crippen molar-refractivity contribution in [3.05, 3.63) is 65.0 Å². The minimum absolute atomic E-state index is 0.0437. The molecular formula is C25H31FN2O4. The molecule has 32 heavy (non-hydrogen) atoms. The van der Waals surface area contributed by atoms with E-state index in [1.54, 1.807) is 26.2 Å². The lowest BCUT2D eigenvalue weighted by molar-refractivity contribution is -0.136. The van der Waals surface area contributed by atoms with Crippen LogP contribution in [0.1, 0.15) is 43.5 Å². The van der Waals surface area contributed by atoms with Gasteiger partial charge in [-0.3, -0.25) is 9.59 Å². The van der Waals surface area contributed by atoms with E-state index in [1.807, 2.05) is 36.9 Å². The van der Waals surface area contributed by atoms with Crippen molar-refractivity contribution in [2.45, 2.75) is 39.3 Å². The quantitative estimate of drug-likeness (QED) is 0.636. The summed E-state index contributed by atoms with van der Waals surface area (Å²) in [5.74, 6) is -0.121. The van der Waals surface area contributed by atoms with Gasteiger partial charge in [-0.15, -0.1) is 0 Å². The Hall–Kier alpha value is -2.93. The van der Waals surface area contributed by atoms with Crippen molar-refractivity contribution in [3.63, 3.8) is 0 Å². The first-order chi connectivity index (χ1) is 15.3. The minimum atomic E-state index is -0.689. The smallest absolute Gasteiger partial charge is 0.260 e. The number of carbonyl (C=O) groups is 2. The van der Waals surface area contributed by atoms with Gasteiger partial charge in [-0.2, -0.15) is 0 Å². The Balaban J connectivity index is 1.91. The van der Waals surface area contributed by atoms with E-state index in [4.69, 9.17) is 9.47 Å². The first-order valence-electron chi connectivity index (χ1n) is 10.9. The van der Waals surface area contributed by atoms with Gasteiger partial charge in [0.05, 0.1) is 12.6 Å². The van der Waals surface area contributed by atoms with E-state index in [2.05, 4.69) is 5.32 Å². The number of amides is 2. The monoisotopic (exact) mass is 442 g/mol. The summed E-state index contributed by atoms with van der Waals surface area (Å²) < 4.78 is 24.4. The highest BCUT2D eigenvalue weighted by Crippen LogP contribution is 2.38. The second-order valence-corrected chi connectivity index (χ2v) is 8.29. The van der Waals surface area contributed by atoms with E-state index in [0.717, 1.165) is 23.1 Å². The van der Waals surface area contributed by atoms with Crippen LogP contribution in [0.5, 0.6) is 5.75 Å². The third-order valence-electron chi connectivity index (χ3n) is 5.60. The molecule has 172 valence electrons. The fourth-order valence-corrected chi connectivity index (χ4v) is 3.92. The molecule has 2 unspecified atom stereocenters. The van der Waals surface area contributed by atoms with Crippen LogP contribution < -0.4 is 10.1 Å². The van der Waals surface area contributed by atoms with Crippen LogP contribution >= 0.6 is 0 Å². The topological polar surface area (TPSA) is 67.9 Å². The van der Waals surface area contributed by atoms with E-state index in [0.29, 0.717) is 25.4 Å². The highest BCUT2D eigenvalue weighted by atomic mass is 19.1. The number of benzene rings is 2. The van der Waals surface area contributed by atoms with Gasteiger partial charge in [0.2, 0.25) is 5.91 Å². The lowest BCUT2D eigenvalue weighted by Gasteiger charge is -2.39. The summed E-state index contributed by atoms with van der Waals surface area (Å²) in [6.07, 6.45) is 0.0323. The normalized spacial score (nSPS) is 16.4. The molecule has 0 bridgehead atoms. The Morgan fingerprint density at radius 3 is 2.53 bits per heavy atom. The van der Waals surface area contributed by atoms with Gasteiger partial charge < -0.3 is 19.7 Å². The average Bonchev–Trinajstić information content (AvgIpc) is 2.78. The summed E-state index contributed by atoms with van der Waals surface area (Å²) in [4.78, 5) is 27.1. The molecule has 7 heteroatoms. The van der Waals surface area contributed by atoms with Crippen molar-refractivity contribution in [3.8, 4) is 5.75 Å². The van der Waals surface area contributed by atoms with Crippen molar-refractivity contribution in [1.29, 1.82) is 0 Å². The molecule has 1 N–H and O–H groups in total. The molecule has 3 rings (SSSR count). The number of nitrogens with zero attached hydrogens (tertiary/aromatic N) is 1. The van der Waals surface area contributed by atoms with Gasteiger partial charge in [0.25, 0.3) is 5.91 Å². The van der Waals surface area contributed by atoms with Gasteiger partial charge in [0.15, 0.2) is 6.10 Å². The number of methoxy groups -OCH3 is 1. The average molecular weight is 443 g/mol. The zero-order valence-corrected chi connectivity index (χ0v) is 19.1. The highest BCUT2D eigenvalue weighted by Gasteiger charge is 2.33. The Labute approximate surface area is 188 Å². The molecule has 0 spiro atoms. The minimum Gasteiger partial charge on any atom is -0.481 e. The van der Waals surface area contributed by atoms with E-state index >= 15 is 0 Å². The Kier molecular flexibility index (Phi) is 7.85. The number of hydrogen-bond donors (Lipinski definition) is 1. The maximum atomic E-state index is 13.6. The first kappa shape index (κ1) is 23.7. The molecule has 1 aliphatic rings. The zero-order chi connectivity index (χ0) is 23.3. The molecule has 6 nitrogen and oxygen atoms in total. The SMILES string of the molecule is COCCNC(=O)C(C)Oc1ccc2c(c1)C(c1ccc(F)cc1)N(C(=O)C(C)C)CC2. The number of fused-ring (bicyclic) bond motifs is 1. The van der Waals surface area contributed by atoms with Crippen LogP contribution in [0.4, 0.5) is 4.39 Å². The van der Waals surface area contributed by atoms with E-state index in [-0.39, 0.29) is 29.6 Å². The number of rotatable bonds is 8. The molecule has 0 saturated heterocycles. The third-order valence-corrected chi connectivity index (χ3v) is 5.60. The first-order valence-corrected chi connectivity index (χ1v) is 10.9. The van der Waals surface area contributed by atoms with Crippen LogP contribution in [0.15, 0.2) is 42.5 Å². The number of hydrogen-bond acceptors (Lipinski definition) is 4. The summed E-state index contributed by atoms with van der Waals surface area (Å²) in [6, 6.07) is 11.6. The number of ether oxygens (including phenoxy) is 2. The van der Waals surface area contributed by atoms with Gasteiger partial charge in [-0.1, -0.05) is 32.0 Å². The molecule has 0 aromatic heterocycles. The summed E-state index contributed by atoms with van der Waals surface area (Å²) in [5, 5.41) is 2.76. The fourth-order valence-electron chi connectivity index (χ4n) is 3.92. The lowest BCUT2D eigenvalue weighted by Crippen LogP contribution is -2.42. The third kappa shape index (κ3) is 5.46. The zero-order valence-electron chi connectivity index (χ0n) is 19.1. The Morgan fingerprint density at radius 1 is 1.16 bits per heavy atom. The van der Waals surface area contributed by atoms with Crippen molar-refractivity contribution < 1.29 is 23.5 Å². The molecule has 1 aliphatic heterocycles. The van der Waals surface area contributed by atoms with Crippen LogP contribution in [0.3, 0.4) is 0 Å². The van der Waals surface area contributed by atoms with Gasteiger partial charge in [-0.05, 0) is 54.3 Å². The van der Waals surface area contributed by atoms with Crippen molar-refractivity contribution >= 4 is 11.8 Å². The predicted octanol–water partition coefficient (Wildman–Crippen LogP) is 3.49. The number of nitrogens with one attached hydrogen (secondary N) is 1. The van der Waals surface area contributed by atoms with E-state index in [1.165, 1.54) is 12.1 Å². The van der Waals surface area contributed by atoms with Crippen molar-refractivity contribution in [2.75, 3.05) is 26.8 Å². The Bertz CT molecular complexity index is 945. The Morgan fingerprint density at radius 2 is 1.88 bits per heavy atom. The number of halogens is 1. The second kappa shape index (κ2) is 10.6. The van der Waals surface area contributed by atoms with Crippen LogP contribution in [-0.2, 0) is 20.7 Å². The van der Waals surface area contributed by atoms with Gasteiger partial charge in [0, 0.05) is 26.1 Å². The lowest BCUT2D eigenvalue weighted by atomic mass is 9.87. The van der Waals surface area contributed by atoms with Gasteiger partial charge in [0.1, 0.15) is 11.6 Å². The molecule has 0 saturated carbocycles. The molecule has 0 aliphatic carbocycles. The predicted molar refractivity (Wildman–Crippen MR) is 120 cm³/mol.